The molecule has 0 saturated heterocycles. The Labute approximate surface area is 116 Å². The van der Waals surface area contributed by atoms with Crippen molar-refractivity contribution in [2.75, 3.05) is 5.73 Å². The number of rotatable bonds is 2. The molecule has 3 nitrogen and oxygen atoms in total. The third-order valence-corrected chi connectivity index (χ3v) is 3.71. The second kappa shape index (κ2) is 4.59. The van der Waals surface area contributed by atoms with E-state index in [0.717, 1.165) is 27.3 Å². The van der Waals surface area contributed by atoms with Gasteiger partial charge in [-0.25, -0.2) is 4.98 Å². The molecule has 0 fully saturated rings. The maximum Gasteiger partial charge on any atom is 0.180 e. The van der Waals surface area contributed by atoms with Crippen LogP contribution in [0.5, 0.6) is 0 Å². The van der Waals surface area contributed by atoms with Gasteiger partial charge in [0.05, 0.1) is 0 Å². The summed E-state index contributed by atoms with van der Waals surface area (Å²) in [5, 5.41) is 2.44. The lowest BCUT2D eigenvalue weighted by atomic mass is 10.2. The Morgan fingerprint density at radius 3 is 2.44 bits per heavy atom. The van der Waals surface area contributed by atoms with E-state index in [1.165, 1.54) is 11.3 Å². The lowest BCUT2D eigenvalue weighted by Crippen LogP contribution is -1.81. The second-order valence-corrected chi connectivity index (χ2v) is 5.55. The highest BCUT2D eigenvalue weighted by Crippen LogP contribution is 2.30. The normalized spacial score (nSPS) is 10.7. The summed E-state index contributed by atoms with van der Waals surface area (Å²) >= 11 is 4.82. The van der Waals surface area contributed by atoms with Crippen LogP contribution < -0.4 is 5.73 Å². The van der Waals surface area contributed by atoms with Crippen LogP contribution in [-0.2, 0) is 0 Å². The molecular formula is C13H9BrN2OS. The van der Waals surface area contributed by atoms with Crippen molar-refractivity contribution in [3.8, 4) is 22.8 Å². The zero-order valence-corrected chi connectivity index (χ0v) is 11.7. The fourth-order valence-corrected chi connectivity index (χ4v) is 2.46. The van der Waals surface area contributed by atoms with Gasteiger partial charge in [0.2, 0.25) is 0 Å². The van der Waals surface area contributed by atoms with E-state index < -0.39 is 0 Å². The average molecular weight is 321 g/mol. The Bertz CT molecular complexity index is 672. The van der Waals surface area contributed by atoms with Gasteiger partial charge in [0, 0.05) is 15.4 Å². The van der Waals surface area contributed by atoms with Crippen molar-refractivity contribution < 1.29 is 4.42 Å². The first kappa shape index (κ1) is 11.5. The molecule has 0 aliphatic heterocycles. The SMILES string of the molecule is Nc1nc(-c2ccc(-c3ccc(Br)cc3)o2)cs1. The van der Waals surface area contributed by atoms with Crippen LogP contribution in [0.4, 0.5) is 5.13 Å². The van der Waals surface area contributed by atoms with E-state index in [1.807, 2.05) is 41.8 Å². The van der Waals surface area contributed by atoms with Gasteiger partial charge >= 0.3 is 0 Å². The van der Waals surface area contributed by atoms with Gasteiger partial charge in [-0.1, -0.05) is 28.1 Å². The Balaban J connectivity index is 1.96. The van der Waals surface area contributed by atoms with Crippen LogP contribution in [0, 0.1) is 0 Å². The molecular weight excluding hydrogens is 312 g/mol. The van der Waals surface area contributed by atoms with Crippen molar-refractivity contribution in [1.82, 2.24) is 4.98 Å². The molecule has 2 N–H and O–H groups in total. The van der Waals surface area contributed by atoms with E-state index in [9.17, 15) is 0 Å². The molecule has 0 aliphatic rings. The topological polar surface area (TPSA) is 52.0 Å². The summed E-state index contributed by atoms with van der Waals surface area (Å²) in [6.45, 7) is 0. The monoisotopic (exact) mass is 320 g/mol. The number of anilines is 1. The van der Waals surface area contributed by atoms with Crippen molar-refractivity contribution in [2.24, 2.45) is 0 Å². The Kier molecular flexibility index (Phi) is 2.93. The maximum absolute atomic E-state index is 5.78. The Hall–Kier alpha value is -1.59. The van der Waals surface area contributed by atoms with E-state index >= 15 is 0 Å². The number of benzene rings is 1. The molecule has 0 bridgehead atoms. The molecule has 0 atom stereocenters. The number of hydrogen-bond donors (Lipinski definition) is 1. The van der Waals surface area contributed by atoms with E-state index in [2.05, 4.69) is 20.9 Å². The number of aromatic nitrogens is 1. The van der Waals surface area contributed by atoms with Crippen molar-refractivity contribution in [2.45, 2.75) is 0 Å². The predicted molar refractivity (Wildman–Crippen MR) is 77.4 cm³/mol. The molecule has 18 heavy (non-hydrogen) atoms. The lowest BCUT2D eigenvalue weighted by molar-refractivity contribution is 0.595. The molecule has 1 aromatic carbocycles. The van der Waals surface area contributed by atoms with Gasteiger partial charge in [0.1, 0.15) is 11.5 Å². The predicted octanol–water partition coefficient (Wildman–Crippen LogP) is 4.41. The molecule has 0 unspecified atom stereocenters. The molecule has 90 valence electrons. The van der Waals surface area contributed by atoms with Crippen LogP contribution in [0.1, 0.15) is 0 Å². The van der Waals surface area contributed by atoms with Gasteiger partial charge in [0.25, 0.3) is 0 Å². The van der Waals surface area contributed by atoms with Gasteiger partial charge in [0.15, 0.2) is 10.9 Å². The summed E-state index contributed by atoms with van der Waals surface area (Å²) in [6, 6.07) is 11.8. The Morgan fingerprint density at radius 2 is 1.78 bits per heavy atom. The van der Waals surface area contributed by atoms with E-state index in [-0.39, 0.29) is 0 Å². The zero-order valence-electron chi connectivity index (χ0n) is 9.26. The fourth-order valence-electron chi connectivity index (χ4n) is 1.65. The quantitative estimate of drug-likeness (QED) is 0.760. The molecule has 0 spiro atoms. The van der Waals surface area contributed by atoms with Gasteiger partial charge in [-0.15, -0.1) is 11.3 Å². The minimum absolute atomic E-state index is 0.548. The van der Waals surface area contributed by atoms with E-state index in [0.29, 0.717) is 5.13 Å². The van der Waals surface area contributed by atoms with E-state index in [1.54, 1.807) is 0 Å². The highest BCUT2D eigenvalue weighted by atomic mass is 79.9. The van der Waals surface area contributed by atoms with Crippen LogP contribution in [-0.4, -0.2) is 4.98 Å². The van der Waals surface area contributed by atoms with Crippen LogP contribution in [0.25, 0.3) is 22.8 Å². The average Bonchev–Trinajstić information content (AvgIpc) is 2.98. The summed E-state index contributed by atoms with van der Waals surface area (Å²) in [7, 11) is 0. The maximum atomic E-state index is 5.78. The third-order valence-electron chi connectivity index (χ3n) is 2.51. The molecule has 3 rings (SSSR count). The van der Waals surface area contributed by atoms with Crippen LogP contribution >= 0.6 is 27.3 Å². The number of furan rings is 1. The van der Waals surface area contributed by atoms with Gasteiger partial charge in [-0.05, 0) is 24.3 Å². The number of nitrogen functional groups attached to an aromatic ring is 1. The van der Waals surface area contributed by atoms with Crippen molar-refractivity contribution in [1.29, 1.82) is 0 Å². The summed E-state index contributed by atoms with van der Waals surface area (Å²) in [6.07, 6.45) is 0. The van der Waals surface area contributed by atoms with Gasteiger partial charge in [-0.2, -0.15) is 0 Å². The van der Waals surface area contributed by atoms with Crippen molar-refractivity contribution in [3.63, 3.8) is 0 Å². The third kappa shape index (κ3) is 2.19. The largest absolute Gasteiger partial charge is 0.454 e. The molecule has 2 heterocycles. The molecule has 0 radical (unpaired) electrons. The molecule has 3 aromatic rings. The zero-order chi connectivity index (χ0) is 12.5. The second-order valence-electron chi connectivity index (χ2n) is 3.74. The lowest BCUT2D eigenvalue weighted by Gasteiger charge is -1.96. The molecule has 0 saturated carbocycles. The number of nitrogens with zero attached hydrogens (tertiary/aromatic N) is 1. The minimum Gasteiger partial charge on any atom is -0.454 e. The van der Waals surface area contributed by atoms with Crippen LogP contribution in [0.2, 0.25) is 0 Å². The van der Waals surface area contributed by atoms with Gasteiger partial charge < -0.3 is 10.2 Å². The highest BCUT2D eigenvalue weighted by molar-refractivity contribution is 9.10. The summed E-state index contributed by atoms with van der Waals surface area (Å²) < 4.78 is 6.83. The van der Waals surface area contributed by atoms with Crippen molar-refractivity contribution in [3.05, 3.63) is 46.3 Å². The first-order chi connectivity index (χ1) is 8.72. The van der Waals surface area contributed by atoms with Crippen LogP contribution in [0.15, 0.2) is 50.7 Å². The summed E-state index contributed by atoms with van der Waals surface area (Å²) in [5.41, 5.74) is 7.42. The first-order valence-corrected chi connectivity index (χ1v) is 6.97. The minimum atomic E-state index is 0.548. The Morgan fingerprint density at radius 1 is 1.06 bits per heavy atom. The number of nitrogens with two attached hydrogens (primary N) is 1. The van der Waals surface area contributed by atoms with E-state index in [4.69, 9.17) is 10.2 Å². The molecule has 5 heteroatoms. The van der Waals surface area contributed by atoms with Gasteiger partial charge in [-0.3, -0.25) is 0 Å². The first-order valence-electron chi connectivity index (χ1n) is 5.29. The number of thiazole rings is 1. The van der Waals surface area contributed by atoms with Crippen molar-refractivity contribution >= 4 is 32.4 Å². The number of hydrogen-bond acceptors (Lipinski definition) is 4. The number of halogens is 1. The van der Waals surface area contributed by atoms with Crippen LogP contribution in [0.3, 0.4) is 0 Å². The fraction of sp³-hybridized carbons (Fsp3) is 0. The molecule has 2 aromatic heterocycles. The molecule has 0 amide bonds. The summed E-state index contributed by atoms with van der Waals surface area (Å²) in [4.78, 5) is 4.20. The standard InChI is InChI=1S/C13H9BrN2OS/c14-9-3-1-8(2-4-9)11-5-6-12(17-11)10-7-18-13(15)16-10/h1-7H,(H2,15,16). The highest BCUT2D eigenvalue weighted by Gasteiger charge is 2.09. The summed E-state index contributed by atoms with van der Waals surface area (Å²) in [5.74, 6) is 1.56. The smallest absolute Gasteiger partial charge is 0.180 e. The molecule has 0 aliphatic carbocycles.